The van der Waals surface area contributed by atoms with Crippen LogP contribution in [0.3, 0.4) is 0 Å². The van der Waals surface area contributed by atoms with Crippen LogP contribution in [0.5, 0.6) is 0 Å². The van der Waals surface area contributed by atoms with E-state index in [1.165, 1.54) is 11.8 Å². The Labute approximate surface area is 170 Å². The van der Waals surface area contributed by atoms with Crippen molar-refractivity contribution in [1.29, 1.82) is 0 Å². The number of carbonyl (C=O) groups is 1. The summed E-state index contributed by atoms with van der Waals surface area (Å²) in [4.78, 5) is 18.7. The van der Waals surface area contributed by atoms with E-state index in [9.17, 15) is 4.79 Å². The van der Waals surface area contributed by atoms with Crippen LogP contribution in [0, 0.1) is 0 Å². The lowest BCUT2D eigenvalue weighted by Crippen LogP contribution is -2.36. The van der Waals surface area contributed by atoms with Crippen LogP contribution in [0.1, 0.15) is 26.3 Å². The van der Waals surface area contributed by atoms with E-state index in [1.54, 1.807) is 12.4 Å². The Kier molecular flexibility index (Phi) is 6.81. The van der Waals surface area contributed by atoms with E-state index in [4.69, 9.17) is 0 Å². The number of aromatic nitrogens is 4. The van der Waals surface area contributed by atoms with Gasteiger partial charge in [-0.3, -0.25) is 14.3 Å². The molecule has 6 nitrogen and oxygen atoms in total. The zero-order valence-electron chi connectivity index (χ0n) is 16.4. The lowest BCUT2D eigenvalue weighted by atomic mass is 10.2. The molecule has 2 aromatic heterocycles. The Morgan fingerprint density at radius 2 is 1.86 bits per heavy atom. The molecule has 1 amide bonds. The smallest absolute Gasteiger partial charge is 0.235 e. The molecular formula is C21H25N5OS. The first-order valence-electron chi connectivity index (χ1n) is 9.47. The lowest BCUT2D eigenvalue weighted by molar-refractivity contribution is -0.129. The van der Waals surface area contributed by atoms with Gasteiger partial charge in [-0.05, 0) is 38.5 Å². The van der Waals surface area contributed by atoms with Gasteiger partial charge in [0.1, 0.15) is 0 Å². The second kappa shape index (κ2) is 9.50. The summed E-state index contributed by atoms with van der Waals surface area (Å²) in [7, 11) is 0. The normalized spacial score (nSPS) is 12.0. The lowest BCUT2D eigenvalue weighted by Gasteiger charge is -2.22. The first kappa shape index (κ1) is 20.1. The minimum atomic E-state index is -0.236. The standard InChI is InChI=1S/C21H25N5OS/c1-4-25(5-2)20(27)16(3)28-21-24-23-19(18-12-9-13-22-14-18)26(21)15-17-10-7-6-8-11-17/h6-14,16H,4-5,15H2,1-3H3. The predicted molar refractivity (Wildman–Crippen MR) is 112 cm³/mol. The molecule has 1 aromatic carbocycles. The summed E-state index contributed by atoms with van der Waals surface area (Å²) in [5, 5.41) is 9.30. The maximum absolute atomic E-state index is 12.7. The molecule has 0 spiro atoms. The number of hydrogen-bond acceptors (Lipinski definition) is 5. The summed E-state index contributed by atoms with van der Waals surface area (Å²) in [5.74, 6) is 0.870. The van der Waals surface area contributed by atoms with Gasteiger partial charge >= 0.3 is 0 Å². The van der Waals surface area contributed by atoms with Crippen molar-refractivity contribution in [3.63, 3.8) is 0 Å². The van der Waals surface area contributed by atoms with E-state index in [1.807, 2.05) is 56.0 Å². The number of carbonyl (C=O) groups excluding carboxylic acids is 1. The molecule has 0 N–H and O–H groups in total. The van der Waals surface area contributed by atoms with E-state index in [0.717, 1.165) is 22.1 Å². The highest BCUT2D eigenvalue weighted by atomic mass is 32.2. The fraction of sp³-hybridized carbons (Fsp3) is 0.333. The first-order valence-corrected chi connectivity index (χ1v) is 10.3. The maximum Gasteiger partial charge on any atom is 0.235 e. The molecule has 28 heavy (non-hydrogen) atoms. The van der Waals surface area contributed by atoms with Crippen molar-refractivity contribution in [3.05, 3.63) is 60.4 Å². The Morgan fingerprint density at radius 3 is 2.50 bits per heavy atom. The Balaban J connectivity index is 1.92. The summed E-state index contributed by atoms with van der Waals surface area (Å²) < 4.78 is 2.06. The molecule has 2 heterocycles. The molecule has 0 saturated heterocycles. The summed E-state index contributed by atoms with van der Waals surface area (Å²) in [6.07, 6.45) is 3.52. The van der Waals surface area contributed by atoms with Gasteiger partial charge in [0.2, 0.25) is 5.91 Å². The molecule has 0 fully saturated rings. The highest BCUT2D eigenvalue weighted by molar-refractivity contribution is 8.00. The third kappa shape index (κ3) is 4.59. The molecule has 3 rings (SSSR count). The average Bonchev–Trinajstić information content (AvgIpc) is 3.12. The van der Waals surface area contributed by atoms with Crippen molar-refractivity contribution >= 4 is 17.7 Å². The Hall–Kier alpha value is -2.67. The van der Waals surface area contributed by atoms with Crippen LogP contribution in [0.25, 0.3) is 11.4 Å². The summed E-state index contributed by atoms with van der Waals surface area (Å²) in [6, 6.07) is 14.0. The van der Waals surface area contributed by atoms with Gasteiger partial charge in [0.15, 0.2) is 11.0 Å². The third-order valence-electron chi connectivity index (χ3n) is 4.53. The summed E-state index contributed by atoms with van der Waals surface area (Å²) >= 11 is 1.45. The fourth-order valence-electron chi connectivity index (χ4n) is 2.99. The number of rotatable bonds is 8. The van der Waals surface area contributed by atoms with Gasteiger partial charge in [-0.1, -0.05) is 42.1 Å². The van der Waals surface area contributed by atoms with Gasteiger partial charge < -0.3 is 4.90 Å². The summed E-state index contributed by atoms with van der Waals surface area (Å²) in [5.41, 5.74) is 2.05. The van der Waals surface area contributed by atoms with E-state index in [2.05, 4.69) is 31.9 Å². The Morgan fingerprint density at radius 1 is 1.11 bits per heavy atom. The number of benzene rings is 1. The molecule has 0 aliphatic carbocycles. The van der Waals surface area contributed by atoms with Crippen molar-refractivity contribution in [2.75, 3.05) is 13.1 Å². The average molecular weight is 396 g/mol. The molecular weight excluding hydrogens is 370 g/mol. The van der Waals surface area contributed by atoms with Crippen LogP contribution in [0.4, 0.5) is 0 Å². The molecule has 0 aliphatic heterocycles. The monoisotopic (exact) mass is 395 g/mol. The van der Waals surface area contributed by atoms with Crippen LogP contribution in [0.2, 0.25) is 0 Å². The predicted octanol–water partition coefficient (Wildman–Crippen LogP) is 3.74. The first-order chi connectivity index (χ1) is 13.6. The van der Waals surface area contributed by atoms with Crippen LogP contribution in [-0.2, 0) is 11.3 Å². The van der Waals surface area contributed by atoms with E-state index in [-0.39, 0.29) is 11.2 Å². The number of nitrogens with zero attached hydrogens (tertiary/aromatic N) is 5. The molecule has 0 saturated carbocycles. The van der Waals surface area contributed by atoms with Crippen LogP contribution in [0.15, 0.2) is 60.0 Å². The molecule has 0 radical (unpaired) electrons. The third-order valence-corrected chi connectivity index (χ3v) is 5.59. The Bertz CT molecular complexity index is 894. The minimum Gasteiger partial charge on any atom is -0.342 e. The highest BCUT2D eigenvalue weighted by Crippen LogP contribution is 2.28. The second-order valence-corrected chi connectivity index (χ2v) is 7.70. The summed E-state index contributed by atoms with van der Waals surface area (Å²) in [6.45, 7) is 7.97. The second-order valence-electron chi connectivity index (χ2n) is 6.39. The fourth-order valence-corrected chi connectivity index (χ4v) is 3.93. The van der Waals surface area contributed by atoms with Crippen molar-refractivity contribution in [3.8, 4) is 11.4 Å². The van der Waals surface area contributed by atoms with Crippen LogP contribution in [-0.4, -0.2) is 48.9 Å². The molecule has 7 heteroatoms. The quantitative estimate of drug-likeness (QED) is 0.544. The van der Waals surface area contributed by atoms with Crippen molar-refractivity contribution in [1.82, 2.24) is 24.6 Å². The zero-order chi connectivity index (χ0) is 19.9. The molecule has 0 bridgehead atoms. The van der Waals surface area contributed by atoms with Gasteiger partial charge in [-0.15, -0.1) is 10.2 Å². The van der Waals surface area contributed by atoms with Crippen LogP contribution >= 0.6 is 11.8 Å². The number of amides is 1. The topological polar surface area (TPSA) is 63.9 Å². The highest BCUT2D eigenvalue weighted by Gasteiger charge is 2.23. The van der Waals surface area contributed by atoms with E-state index in [0.29, 0.717) is 19.6 Å². The van der Waals surface area contributed by atoms with Crippen molar-refractivity contribution in [2.45, 2.75) is 37.7 Å². The number of hydrogen-bond donors (Lipinski definition) is 0. The molecule has 1 unspecified atom stereocenters. The zero-order valence-corrected chi connectivity index (χ0v) is 17.3. The number of pyridine rings is 1. The molecule has 146 valence electrons. The molecule has 3 aromatic rings. The van der Waals surface area contributed by atoms with Gasteiger partial charge in [0.05, 0.1) is 11.8 Å². The maximum atomic E-state index is 12.7. The van der Waals surface area contributed by atoms with Crippen LogP contribution < -0.4 is 0 Å². The van der Waals surface area contributed by atoms with Crippen molar-refractivity contribution in [2.24, 2.45) is 0 Å². The van der Waals surface area contributed by atoms with Gasteiger partial charge in [0.25, 0.3) is 0 Å². The number of thioether (sulfide) groups is 1. The van der Waals surface area contributed by atoms with Gasteiger partial charge in [-0.2, -0.15) is 0 Å². The molecule has 1 atom stereocenters. The van der Waals surface area contributed by atoms with E-state index >= 15 is 0 Å². The molecule has 0 aliphatic rings. The SMILES string of the molecule is CCN(CC)C(=O)C(C)Sc1nnc(-c2cccnc2)n1Cc1ccccc1. The van der Waals surface area contributed by atoms with Crippen molar-refractivity contribution < 1.29 is 4.79 Å². The van der Waals surface area contributed by atoms with Gasteiger partial charge in [0, 0.05) is 31.0 Å². The minimum absolute atomic E-state index is 0.118. The van der Waals surface area contributed by atoms with E-state index < -0.39 is 0 Å². The largest absolute Gasteiger partial charge is 0.342 e. The van der Waals surface area contributed by atoms with Gasteiger partial charge in [-0.25, -0.2) is 0 Å².